The molecule has 2 nitrogen and oxygen atoms in total. The van der Waals surface area contributed by atoms with Crippen LogP contribution in [0.1, 0.15) is 70.8 Å². The van der Waals surface area contributed by atoms with Crippen LogP contribution in [-0.2, 0) is 6.42 Å². The summed E-state index contributed by atoms with van der Waals surface area (Å²) in [5.41, 5.74) is 1.43. The fourth-order valence-electron chi connectivity index (χ4n) is 3.51. The van der Waals surface area contributed by atoms with Crippen molar-refractivity contribution in [2.24, 2.45) is 21.8 Å². The van der Waals surface area contributed by atoms with E-state index in [1.807, 2.05) is 12.4 Å². The van der Waals surface area contributed by atoms with Crippen molar-refractivity contribution in [1.82, 2.24) is 0 Å². The summed E-state index contributed by atoms with van der Waals surface area (Å²) in [6, 6.07) is 10.9. The third-order valence-corrected chi connectivity index (χ3v) is 5.11. The second kappa shape index (κ2) is 11.1. The molecule has 130 valence electrons. The van der Waals surface area contributed by atoms with Crippen LogP contribution in [0.4, 0.5) is 0 Å². The fraction of sp³-hybridized carbons (Fsp3) is 0.591. The Balaban J connectivity index is 1.81. The number of unbranched alkanes of at least 4 members (excludes halogenated alkanes) is 6. The Labute approximate surface area is 148 Å². The van der Waals surface area contributed by atoms with Gasteiger partial charge in [-0.1, -0.05) is 92.2 Å². The summed E-state index contributed by atoms with van der Waals surface area (Å²) >= 11 is 0. The molecule has 1 aromatic carbocycles. The second-order valence-corrected chi connectivity index (χ2v) is 7.06. The molecule has 0 amide bonds. The summed E-state index contributed by atoms with van der Waals surface area (Å²) in [4.78, 5) is 8.89. The van der Waals surface area contributed by atoms with Crippen LogP contribution in [0.2, 0.25) is 0 Å². The molecule has 1 aliphatic rings. The van der Waals surface area contributed by atoms with Crippen LogP contribution in [0.15, 0.2) is 40.3 Å². The zero-order valence-corrected chi connectivity index (χ0v) is 15.5. The summed E-state index contributed by atoms with van der Waals surface area (Å²) in [6.45, 7) is 4.57. The van der Waals surface area contributed by atoms with Gasteiger partial charge in [0.25, 0.3) is 0 Å². The minimum Gasteiger partial charge on any atom is -0.0965 e. The molecule has 0 bridgehead atoms. The van der Waals surface area contributed by atoms with E-state index < -0.39 is 0 Å². The van der Waals surface area contributed by atoms with Gasteiger partial charge in [-0.25, -0.2) is 0 Å². The van der Waals surface area contributed by atoms with Gasteiger partial charge in [0.2, 0.25) is 6.17 Å². The molecule has 0 fully saturated rings. The van der Waals surface area contributed by atoms with Crippen molar-refractivity contribution in [2.45, 2.75) is 71.6 Å². The molecule has 24 heavy (non-hydrogen) atoms. The molecule has 2 unspecified atom stereocenters. The van der Waals surface area contributed by atoms with Gasteiger partial charge >= 0.3 is 0 Å². The lowest BCUT2D eigenvalue weighted by molar-refractivity contribution is 0.328. The molecule has 0 aliphatic carbocycles. The summed E-state index contributed by atoms with van der Waals surface area (Å²) < 4.78 is 0. The summed E-state index contributed by atoms with van der Waals surface area (Å²) in [5, 5.41) is 0. The van der Waals surface area contributed by atoms with E-state index in [-0.39, 0.29) is 0 Å². The number of hydrogen-bond donors (Lipinski definition) is 0. The number of benzene rings is 1. The number of rotatable bonds is 12. The van der Waals surface area contributed by atoms with Crippen molar-refractivity contribution in [3.63, 3.8) is 0 Å². The van der Waals surface area contributed by atoms with Crippen LogP contribution in [0.25, 0.3) is 0 Å². The molecule has 1 aromatic rings. The second-order valence-electron chi connectivity index (χ2n) is 7.06. The Kier molecular flexibility index (Phi) is 8.65. The van der Waals surface area contributed by atoms with Crippen molar-refractivity contribution < 1.29 is 0 Å². The molecular formula is C22H33N2+. The van der Waals surface area contributed by atoms with Gasteiger partial charge in [-0.2, -0.15) is 0 Å². The smallest absolute Gasteiger partial charge is 0.0965 e. The van der Waals surface area contributed by atoms with Gasteiger partial charge in [-0.05, 0) is 31.2 Å². The van der Waals surface area contributed by atoms with Crippen LogP contribution >= 0.6 is 0 Å². The average Bonchev–Trinajstić information content (AvgIpc) is 3.15. The van der Waals surface area contributed by atoms with Gasteiger partial charge in [0, 0.05) is 0 Å². The number of aliphatic imine (C=N–C) groups is 2. The Morgan fingerprint density at radius 3 is 2.17 bits per heavy atom. The third-order valence-electron chi connectivity index (χ3n) is 5.11. The normalized spacial score (nSPS) is 15.8. The van der Waals surface area contributed by atoms with Crippen LogP contribution in [0.5, 0.6) is 0 Å². The molecule has 1 heterocycles. The lowest BCUT2D eigenvalue weighted by Gasteiger charge is -2.22. The van der Waals surface area contributed by atoms with Crippen LogP contribution < -0.4 is 0 Å². The minimum absolute atomic E-state index is 0.431. The first-order valence-corrected chi connectivity index (χ1v) is 9.78. The topological polar surface area (TPSA) is 24.7 Å². The average molecular weight is 326 g/mol. The fourth-order valence-corrected chi connectivity index (χ4v) is 3.51. The van der Waals surface area contributed by atoms with Gasteiger partial charge < -0.3 is 0 Å². The van der Waals surface area contributed by atoms with Crippen molar-refractivity contribution in [3.05, 3.63) is 42.1 Å². The first-order valence-electron chi connectivity index (χ1n) is 9.78. The molecule has 0 saturated carbocycles. The minimum atomic E-state index is 0.431. The maximum atomic E-state index is 4.45. The SMILES string of the molecule is CCCCCCCCCC(Cc1ccccc1)C(C)[C+]1N=CC=N1. The predicted molar refractivity (Wildman–Crippen MR) is 106 cm³/mol. The molecule has 0 aromatic heterocycles. The monoisotopic (exact) mass is 325 g/mol. The van der Waals surface area contributed by atoms with E-state index in [1.165, 1.54) is 56.9 Å². The van der Waals surface area contributed by atoms with Gasteiger partial charge in [-0.15, -0.1) is 0 Å². The van der Waals surface area contributed by atoms with Gasteiger partial charge in [0.15, 0.2) is 12.4 Å². The van der Waals surface area contributed by atoms with Gasteiger partial charge in [0.1, 0.15) is 0 Å². The zero-order chi connectivity index (χ0) is 17.0. The molecular weight excluding hydrogens is 292 g/mol. The molecule has 0 N–H and O–H groups in total. The van der Waals surface area contributed by atoms with Gasteiger partial charge in [0.05, 0.1) is 5.92 Å². The highest BCUT2D eigenvalue weighted by atomic mass is 15.0. The van der Waals surface area contributed by atoms with Crippen molar-refractivity contribution in [1.29, 1.82) is 0 Å². The maximum absolute atomic E-state index is 4.45. The molecule has 2 atom stereocenters. The third kappa shape index (κ3) is 6.51. The van der Waals surface area contributed by atoms with E-state index in [2.05, 4.69) is 54.2 Å². The summed E-state index contributed by atoms with van der Waals surface area (Å²) in [5.74, 6) is 1.06. The van der Waals surface area contributed by atoms with Crippen LogP contribution in [0.3, 0.4) is 0 Å². The highest BCUT2D eigenvalue weighted by molar-refractivity contribution is 6.18. The highest BCUT2D eigenvalue weighted by Crippen LogP contribution is 2.32. The van der Waals surface area contributed by atoms with E-state index in [9.17, 15) is 0 Å². The van der Waals surface area contributed by atoms with Crippen molar-refractivity contribution in [3.8, 4) is 0 Å². The lowest BCUT2D eigenvalue weighted by Crippen LogP contribution is -2.19. The van der Waals surface area contributed by atoms with Crippen molar-refractivity contribution in [2.75, 3.05) is 0 Å². The van der Waals surface area contributed by atoms with E-state index in [0.717, 1.165) is 12.6 Å². The largest absolute Gasteiger partial charge is 0.243 e. The van der Waals surface area contributed by atoms with E-state index in [0.29, 0.717) is 11.8 Å². The first kappa shape index (κ1) is 18.8. The van der Waals surface area contributed by atoms with Crippen LogP contribution in [-0.4, -0.2) is 12.4 Å². The van der Waals surface area contributed by atoms with Gasteiger partial charge in [-0.3, -0.25) is 0 Å². The first-order chi connectivity index (χ1) is 11.8. The predicted octanol–water partition coefficient (Wildman–Crippen LogP) is 6.27. The van der Waals surface area contributed by atoms with Crippen LogP contribution in [0, 0.1) is 18.0 Å². The van der Waals surface area contributed by atoms with Crippen molar-refractivity contribution >= 4 is 12.4 Å². The Morgan fingerprint density at radius 1 is 0.875 bits per heavy atom. The summed E-state index contributed by atoms with van der Waals surface area (Å²) in [7, 11) is 0. The zero-order valence-electron chi connectivity index (χ0n) is 15.5. The Morgan fingerprint density at radius 2 is 1.50 bits per heavy atom. The standard InChI is InChI=1S/C22H33N2/c1-3-4-5-6-7-8-12-15-21(18-20-13-10-9-11-14-20)19(2)22-23-16-17-24-22/h9-11,13-14,16-17,19,21H,3-8,12,15,18H2,1-2H3/q+1. The maximum Gasteiger partial charge on any atom is 0.243 e. The molecule has 0 radical (unpaired) electrons. The highest BCUT2D eigenvalue weighted by Gasteiger charge is 2.31. The molecule has 0 spiro atoms. The quantitative estimate of drug-likeness (QED) is 0.320. The van der Waals surface area contributed by atoms with E-state index >= 15 is 0 Å². The molecule has 0 saturated heterocycles. The Hall–Kier alpha value is -1.57. The molecule has 2 rings (SSSR count). The molecule has 2 heteroatoms. The number of nitrogens with zero attached hydrogens (tertiary/aromatic N) is 2. The number of hydrogen-bond acceptors (Lipinski definition) is 2. The van der Waals surface area contributed by atoms with E-state index in [4.69, 9.17) is 0 Å². The Bertz CT molecular complexity index is 480. The lowest BCUT2D eigenvalue weighted by atomic mass is 9.82. The van der Waals surface area contributed by atoms with E-state index in [1.54, 1.807) is 0 Å². The molecule has 1 aliphatic heterocycles. The summed E-state index contributed by atoms with van der Waals surface area (Å²) in [6.07, 6.45) is 16.7.